The second-order valence-electron chi connectivity index (χ2n) is 6.34. The zero-order valence-corrected chi connectivity index (χ0v) is 13.8. The van der Waals surface area contributed by atoms with Crippen molar-refractivity contribution in [3.05, 3.63) is 65.3 Å². The number of Topliss-reactive ketones (excluding diaryl/α,β-unsaturated/α-hetero) is 1. The van der Waals surface area contributed by atoms with Gasteiger partial charge in [-0.1, -0.05) is 39.0 Å². The number of carbonyl (C=O) groups is 1. The Bertz CT molecular complexity index is 772. The fourth-order valence-corrected chi connectivity index (χ4v) is 2.06. The quantitative estimate of drug-likeness (QED) is 0.510. The van der Waals surface area contributed by atoms with Gasteiger partial charge in [0.1, 0.15) is 23.2 Å². The molecule has 1 aromatic heterocycles. The Morgan fingerprint density at radius 3 is 2.43 bits per heavy atom. The van der Waals surface area contributed by atoms with Crippen LogP contribution in [0.1, 0.15) is 42.6 Å². The van der Waals surface area contributed by atoms with Crippen molar-refractivity contribution in [3.8, 4) is 6.07 Å². The van der Waals surface area contributed by atoms with Crippen LogP contribution in [0.3, 0.4) is 0 Å². The molecule has 0 aliphatic carbocycles. The topological polar surface area (TPSA) is 66.0 Å². The highest BCUT2D eigenvalue weighted by molar-refractivity contribution is 6.12. The number of allylic oxidation sites excluding steroid dienone is 1. The van der Waals surface area contributed by atoms with Crippen molar-refractivity contribution in [1.29, 1.82) is 5.26 Å². The smallest absolute Gasteiger partial charge is 0.208 e. The van der Waals surface area contributed by atoms with E-state index in [0.717, 1.165) is 11.4 Å². The molecular weight excluding hydrogens is 288 g/mol. The lowest BCUT2D eigenvalue weighted by atomic mass is 9.92. The van der Waals surface area contributed by atoms with Crippen LogP contribution in [0, 0.1) is 18.3 Å². The lowest BCUT2D eigenvalue weighted by molar-refractivity contribution is 0.103. The molecule has 0 aliphatic heterocycles. The predicted octanol–water partition coefficient (Wildman–Crippen LogP) is 4.59. The summed E-state index contributed by atoms with van der Waals surface area (Å²) in [6.07, 6.45) is 1.43. The van der Waals surface area contributed by atoms with Gasteiger partial charge >= 0.3 is 0 Å². The van der Waals surface area contributed by atoms with E-state index in [9.17, 15) is 10.1 Å². The molecule has 0 saturated heterocycles. The third kappa shape index (κ3) is 3.89. The second kappa shape index (κ2) is 6.53. The number of aryl methyl sites for hydroxylation is 1. The molecule has 0 amide bonds. The summed E-state index contributed by atoms with van der Waals surface area (Å²) in [6, 6.07) is 13.0. The van der Waals surface area contributed by atoms with Gasteiger partial charge in [0.2, 0.25) is 5.78 Å². The van der Waals surface area contributed by atoms with E-state index in [1.165, 1.54) is 6.20 Å². The molecule has 0 spiro atoms. The molecule has 23 heavy (non-hydrogen) atoms. The number of carbonyl (C=O) groups excluding carboxylic acids is 1. The lowest BCUT2D eigenvalue weighted by Gasteiger charge is -2.13. The van der Waals surface area contributed by atoms with E-state index in [4.69, 9.17) is 4.42 Å². The molecule has 1 aromatic carbocycles. The fraction of sp³-hybridized carbons (Fsp3) is 0.263. The van der Waals surface area contributed by atoms with Gasteiger partial charge in [0.25, 0.3) is 0 Å². The number of nitriles is 1. The molecule has 1 heterocycles. The van der Waals surface area contributed by atoms with Crippen LogP contribution in [-0.4, -0.2) is 5.78 Å². The number of hydrogen-bond donors (Lipinski definition) is 1. The van der Waals surface area contributed by atoms with Crippen molar-refractivity contribution in [2.45, 2.75) is 33.1 Å². The molecular formula is C19H20N2O2. The predicted molar refractivity (Wildman–Crippen MR) is 90.2 cm³/mol. The van der Waals surface area contributed by atoms with Crippen molar-refractivity contribution in [3.63, 3.8) is 0 Å². The first-order valence-corrected chi connectivity index (χ1v) is 7.40. The van der Waals surface area contributed by atoms with Crippen LogP contribution in [0.4, 0.5) is 5.69 Å². The summed E-state index contributed by atoms with van der Waals surface area (Å²) in [7, 11) is 0. The summed E-state index contributed by atoms with van der Waals surface area (Å²) in [6.45, 7) is 7.77. The first-order chi connectivity index (χ1) is 10.8. The van der Waals surface area contributed by atoms with Crippen molar-refractivity contribution in [1.82, 2.24) is 0 Å². The van der Waals surface area contributed by atoms with Gasteiger partial charge in [0, 0.05) is 17.3 Å². The van der Waals surface area contributed by atoms with Crippen molar-refractivity contribution in [2.75, 3.05) is 5.32 Å². The van der Waals surface area contributed by atoms with Gasteiger partial charge in [-0.15, -0.1) is 0 Å². The number of benzene rings is 1. The normalized spacial score (nSPS) is 11.9. The molecule has 0 unspecified atom stereocenters. The third-order valence-corrected chi connectivity index (χ3v) is 3.42. The molecule has 4 nitrogen and oxygen atoms in total. The average Bonchev–Trinajstić information content (AvgIpc) is 2.91. The maximum Gasteiger partial charge on any atom is 0.208 e. The molecule has 2 rings (SSSR count). The Kier molecular flexibility index (Phi) is 4.71. The maximum atomic E-state index is 12.6. The Labute approximate surface area is 136 Å². The van der Waals surface area contributed by atoms with E-state index in [-0.39, 0.29) is 16.8 Å². The number of para-hydroxylation sites is 1. The standard InChI is InChI=1S/C19H20N2O2/c1-13-16(10-17(23-13)19(2,3)4)18(22)14(11-20)12-21-15-8-6-5-7-9-15/h5-10,12,21H,1-4H3/b14-12+. The molecule has 0 bridgehead atoms. The van der Waals surface area contributed by atoms with E-state index in [0.29, 0.717) is 11.3 Å². The van der Waals surface area contributed by atoms with Crippen LogP contribution in [-0.2, 0) is 5.41 Å². The molecule has 0 aliphatic rings. The van der Waals surface area contributed by atoms with E-state index >= 15 is 0 Å². The zero-order chi connectivity index (χ0) is 17.0. The number of anilines is 1. The zero-order valence-electron chi connectivity index (χ0n) is 13.8. The van der Waals surface area contributed by atoms with E-state index in [2.05, 4.69) is 5.32 Å². The van der Waals surface area contributed by atoms with Gasteiger partial charge in [0.15, 0.2) is 0 Å². The summed E-state index contributed by atoms with van der Waals surface area (Å²) >= 11 is 0. The fourth-order valence-electron chi connectivity index (χ4n) is 2.06. The van der Waals surface area contributed by atoms with Crippen LogP contribution in [0.5, 0.6) is 0 Å². The Morgan fingerprint density at radius 2 is 1.91 bits per heavy atom. The van der Waals surface area contributed by atoms with Gasteiger partial charge in [0.05, 0.1) is 5.56 Å². The Hall–Kier alpha value is -2.80. The summed E-state index contributed by atoms with van der Waals surface area (Å²) in [5.41, 5.74) is 1.09. The summed E-state index contributed by atoms with van der Waals surface area (Å²) in [5.74, 6) is 0.917. The molecule has 0 radical (unpaired) electrons. The number of furan rings is 1. The third-order valence-electron chi connectivity index (χ3n) is 3.42. The largest absolute Gasteiger partial charge is 0.465 e. The van der Waals surface area contributed by atoms with Gasteiger partial charge < -0.3 is 9.73 Å². The minimum Gasteiger partial charge on any atom is -0.465 e. The van der Waals surface area contributed by atoms with Gasteiger partial charge in [-0.2, -0.15) is 5.26 Å². The van der Waals surface area contributed by atoms with Crippen molar-refractivity contribution >= 4 is 11.5 Å². The van der Waals surface area contributed by atoms with E-state index in [1.807, 2.05) is 57.2 Å². The molecule has 118 valence electrons. The summed E-state index contributed by atoms with van der Waals surface area (Å²) < 4.78 is 5.68. The second-order valence-corrected chi connectivity index (χ2v) is 6.34. The minimum atomic E-state index is -0.340. The Morgan fingerprint density at radius 1 is 1.26 bits per heavy atom. The minimum absolute atomic E-state index is 0.0400. The maximum absolute atomic E-state index is 12.6. The highest BCUT2D eigenvalue weighted by atomic mass is 16.3. The molecule has 0 saturated carbocycles. The molecule has 4 heteroatoms. The van der Waals surface area contributed by atoms with Gasteiger partial charge in [-0.25, -0.2) is 0 Å². The van der Waals surface area contributed by atoms with Gasteiger partial charge in [-0.3, -0.25) is 4.79 Å². The van der Waals surface area contributed by atoms with Crippen molar-refractivity contribution in [2.24, 2.45) is 0 Å². The molecule has 2 aromatic rings. The van der Waals surface area contributed by atoms with Crippen LogP contribution >= 0.6 is 0 Å². The average molecular weight is 308 g/mol. The number of hydrogen-bond acceptors (Lipinski definition) is 4. The molecule has 0 fully saturated rings. The van der Waals surface area contributed by atoms with Crippen LogP contribution < -0.4 is 5.32 Å². The Balaban J connectivity index is 2.27. The first-order valence-electron chi connectivity index (χ1n) is 7.40. The lowest BCUT2D eigenvalue weighted by Crippen LogP contribution is -2.09. The highest BCUT2D eigenvalue weighted by Gasteiger charge is 2.24. The van der Waals surface area contributed by atoms with Gasteiger partial charge in [-0.05, 0) is 25.1 Å². The van der Waals surface area contributed by atoms with E-state index < -0.39 is 0 Å². The monoisotopic (exact) mass is 308 g/mol. The first kappa shape index (κ1) is 16.6. The number of ketones is 1. The molecule has 1 N–H and O–H groups in total. The van der Waals surface area contributed by atoms with Crippen LogP contribution in [0.25, 0.3) is 0 Å². The SMILES string of the molecule is Cc1oc(C(C)(C)C)cc1C(=O)/C(C#N)=C/Nc1ccccc1. The molecule has 0 atom stereocenters. The summed E-state index contributed by atoms with van der Waals surface area (Å²) in [5, 5.41) is 12.3. The van der Waals surface area contributed by atoms with Crippen LogP contribution in [0.15, 0.2) is 52.6 Å². The van der Waals surface area contributed by atoms with Crippen molar-refractivity contribution < 1.29 is 9.21 Å². The number of nitrogens with zero attached hydrogens (tertiary/aromatic N) is 1. The highest BCUT2D eigenvalue weighted by Crippen LogP contribution is 2.28. The summed E-state index contributed by atoms with van der Waals surface area (Å²) in [4.78, 5) is 12.6. The van der Waals surface area contributed by atoms with E-state index in [1.54, 1.807) is 13.0 Å². The number of nitrogens with one attached hydrogen (secondary N) is 1. The van der Waals surface area contributed by atoms with Crippen LogP contribution in [0.2, 0.25) is 0 Å². The number of rotatable bonds is 4.